The highest BCUT2D eigenvalue weighted by molar-refractivity contribution is 5.70. The Labute approximate surface area is 119 Å². The molecule has 0 heterocycles. The Bertz CT molecular complexity index is 409. The Hall–Kier alpha value is -1.55. The number of carboxylic acids is 1. The first-order chi connectivity index (χ1) is 9.74. The second-order valence-corrected chi connectivity index (χ2v) is 5.26. The molecule has 0 unspecified atom stereocenters. The van der Waals surface area contributed by atoms with E-state index in [1.54, 1.807) is 24.3 Å². The van der Waals surface area contributed by atoms with Crippen molar-refractivity contribution in [2.75, 3.05) is 19.8 Å². The predicted molar refractivity (Wildman–Crippen MR) is 76.1 cm³/mol. The van der Waals surface area contributed by atoms with Crippen molar-refractivity contribution in [3.05, 3.63) is 29.8 Å². The summed E-state index contributed by atoms with van der Waals surface area (Å²) in [5, 5.41) is 8.67. The number of aliphatic carboxylic acids is 1. The van der Waals surface area contributed by atoms with E-state index in [1.165, 1.54) is 25.7 Å². The molecule has 0 spiro atoms. The molecule has 1 aliphatic rings. The van der Waals surface area contributed by atoms with Crippen molar-refractivity contribution in [3.8, 4) is 5.75 Å². The van der Waals surface area contributed by atoms with Crippen molar-refractivity contribution >= 4 is 5.97 Å². The Morgan fingerprint density at radius 1 is 1.15 bits per heavy atom. The fourth-order valence-corrected chi connectivity index (χ4v) is 2.23. The van der Waals surface area contributed by atoms with Crippen LogP contribution in [-0.4, -0.2) is 30.9 Å². The fourth-order valence-electron chi connectivity index (χ4n) is 2.23. The van der Waals surface area contributed by atoms with Gasteiger partial charge in [0.2, 0.25) is 0 Å². The maximum absolute atomic E-state index is 10.6. The topological polar surface area (TPSA) is 55.8 Å². The molecule has 4 heteroatoms. The number of ether oxygens (including phenoxy) is 2. The molecule has 0 saturated heterocycles. The van der Waals surface area contributed by atoms with Crippen LogP contribution in [0.25, 0.3) is 0 Å². The Morgan fingerprint density at radius 3 is 2.50 bits per heavy atom. The highest BCUT2D eigenvalue weighted by Gasteiger charge is 2.16. The van der Waals surface area contributed by atoms with Crippen LogP contribution in [0.3, 0.4) is 0 Å². The molecular weight excluding hydrogens is 256 g/mol. The number of hydrogen-bond acceptors (Lipinski definition) is 3. The lowest BCUT2D eigenvalue weighted by atomic mass is 9.83. The lowest BCUT2D eigenvalue weighted by Gasteiger charge is -2.24. The molecule has 20 heavy (non-hydrogen) atoms. The van der Waals surface area contributed by atoms with Gasteiger partial charge in [0.15, 0.2) is 0 Å². The molecule has 0 aromatic heterocycles. The van der Waals surface area contributed by atoms with Gasteiger partial charge < -0.3 is 14.6 Å². The minimum Gasteiger partial charge on any atom is -0.491 e. The quantitative estimate of drug-likeness (QED) is 0.706. The molecule has 0 bridgehead atoms. The molecule has 1 saturated carbocycles. The van der Waals surface area contributed by atoms with Crippen LogP contribution in [0.2, 0.25) is 0 Å². The van der Waals surface area contributed by atoms with Gasteiger partial charge in [0.05, 0.1) is 13.0 Å². The van der Waals surface area contributed by atoms with Crippen molar-refractivity contribution in [3.63, 3.8) is 0 Å². The van der Waals surface area contributed by atoms with E-state index in [0.717, 1.165) is 23.8 Å². The van der Waals surface area contributed by atoms with Gasteiger partial charge in [-0.25, -0.2) is 0 Å². The predicted octanol–water partition coefficient (Wildman–Crippen LogP) is 2.90. The number of carbonyl (C=O) groups is 1. The molecule has 1 aliphatic carbocycles. The van der Waals surface area contributed by atoms with E-state index in [9.17, 15) is 4.79 Å². The normalized spacial score (nSPS) is 14.8. The van der Waals surface area contributed by atoms with Crippen molar-refractivity contribution in [1.82, 2.24) is 0 Å². The van der Waals surface area contributed by atoms with Crippen LogP contribution in [0.1, 0.15) is 31.2 Å². The summed E-state index contributed by atoms with van der Waals surface area (Å²) in [7, 11) is 0. The number of rotatable bonds is 9. The lowest BCUT2D eigenvalue weighted by Crippen LogP contribution is -2.15. The van der Waals surface area contributed by atoms with Gasteiger partial charge in [0.25, 0.3) is 0 Å². The minimum atomic E-state index is -0.821. The SMILES string of the molecule is O=C(O)Cc1ccc(OCCOCCC2CCC2)cc1. The highest BCUT2D eigenvalue weighted by atomic mass is 16.5. The second kappa shape index (κ2) is 7.90. The second-order valence-electron chi connectivity index (χ2n) is 5.26. The average Bonchev–Trinajstić information content (AvgIpc) is 2.37. The zero-order valence-electron chi connectivity index (χ0n) is 11.7. The van der Waals surface area contributed by atoms with E-state index in [4.69, 9.17) is 14.6 Å². The summed E-state index contributed by atoms with van der Waals surface area (Å²) in [5.74, 6) is 0.818. The van der Waals surface area contributed by atoms with Crippen LogP contribution in [0.4, 0.5) is 0 Å². The molecule has 4 nitrogen and oxygen atoms in total. The zero-order chi connectivity index (χ0) is 14.2. The van der Waals surface area contributed by atoms with Gasteiger partial charge in [-0.1, -0.05) is 31.4 Å². The molecule has 0 aliphatic heterocycles. The van der Waals surface area contributed by atoms with Crippen LogP contribution >= 0.6 is 0 Å². The van der Waals surface area contributed by atoms with Crippen LogP contribution < -0.4 is 4.74 Å². The monoisotopic (exact) mass is 278 g/mol. The molecule has 0 amide bonds. The van der Waals surface area contributed by atoms with Crippen LogP contribution in [0.5, 0.6) is 5.75 Å². The maximum atomic E-state index is 10.6. The fraction of sp³-hybridized carbons (Fsp3) is 0.562. The highest BCUT2D eigenvalue weighted by Crippen LogP contribution is 2.29. The Kier molecular flexibility index (Phi) is 5.87. The number of benzene rings is 1. The van der Waals surface area contributed by atoms with E-state index in [1.807, 2.05) is 0 Å². The third-order valence-electron chi connectivity index (χ3n) is 3.67. The summed E-state index contributed by atoms with van der Waals surface area (Å²) in [6.07, 6.45) is 5.32. The molecule has 0 atom stereocenters. The van der Waals surface area contributed by atoms with Gasteiger partial charge >= 0.3 is 5.97 Å². The molecule has 0 radical (unpaired) electrons. The minimum absolute atomic E-state index is 0.0462. The molecule has 2 rings (SSSR count). The molecule has 110 valence electrons. The van der Waals surface area contributed by atoms with Gasteiger partial charge in [-0.2, -0.15) is 0 Å². The van der Waals surface area contributed by atoms with E-state index in [0.29, 0.717) is 13.2 Å². The van der Waals surface area contributed by atoms with E-state index in [-0.39, 0.29) is 6.42 Å². The average molecular weight is 278 g/mol. The molecule has 1 aromatic rings. The summed E-state index contributed by atoms with van der Waals surface area (Å²) >= 11 is 0. The maximum Gasteiger partial charge on any atom is 0.307 e. The Morgan fingerprint density at radius 2 is 1.90 bits per heavy atom. The lowest BCUT2D eigenvalue weighted by molar-refractivity contribution is -0.136. The van der Waals surface area contributed by atoms with Crippen molar-refractivity contribution in [1.29, 1.82) is 0 Å². The summed E-state index contributed by atoms with van der Waals surface area (Å²) in [6.45, 7) is 1.96. The first-order valence-corrected chi connectivity index (χ1v) is 7.25. The van der Waals surface area contributed by atoms with E-state index < -0.39 is 5.97 Å². The summed E-state index contributed by atoms with van der Waals surface area (Å²) < 4.78 is 11.1. The van der Waals surface area contributed by atoms with Crippen molar-refractivity contribution in [2.45, 2.75) is 32.1 Å². The molecule has 1 fully saturated rings. The third-order valence-corrected chi connectivity index (χ3v) is 3.67. The zero-order valence-corrected chi connectivity index (χ0v) is 11.7. The van der Waals surface area contributed by atoms with Gasteiger partial charge in [0, 0.05) is 6.61 Å². The van der Waals surface area contributed by atoms with Crippen LogP contribution in [-0.2, 0) is 16.0 Å². The van der Waals surface area contributed by atoms with Crippen molar-refractivity contribution in [2.24, 2.45) is 5.92 Å². The summed E-state index contributed by atoms with van der Waals surface area (Å²) in [4.78, 5) is 10.6. The summed E-state index contributed by atoms with van der Waals surface area (Å²) in [5.41, 5.74) is 0.779. The largest absolute Gasteiger partial charge is 0.491 e. The molecule has 1 aromatic carbocycles. The standard InChI is InChI=1S/C16H22O4/c17-16(18)12-14-4-6-15(7-5-14)20-11-10-19-9-8-13-2-1-3-13/h4-7,13H,1-3,8-12H2,(H,17,18). The van der Waals surface area contributed by atoms with Gasteiger partial charge in [-0.3, -0.25) is 4.79 Å². The third kappa shape index (κ3) is 5.21. The first-order valence-electron chi connectivity index (χ1n) is 7.25. The molecular formula is C16H22O4. The summed E-state index contributed by atoms with van der Waals surface area (Å²) in [6, 6.07) is 7.15. The number of carboxylic acid groups (broad SMARTS) is 1. The van der Waals surface area contributed by atoms with E-state index >= 15 is 0 Å². The van der Waals surface area contributed by atoms with Crippen LogP contribution in [0.15, 0.2) is 24.3 Å². The molecule has 1 N–H and O–H groups in total. The van der Waals surface area contributed by atoms with Gasteiger partial charge in [-0.05, 0) is 30.0 Å². The van der Waals surface area contributed by atoms with Gasteiger partial charge in [0.1, 0.15) is 12.4 Å². The van der Waals surface area contributed by atoms with Crippen molar-refractivity contribution < 1.29 is 19.4 Å². The van der Waals surface area contributed by atoms with E-state index in [2.05, 4.69) is 0 Å². The Balaban J connectivity index is 1.55. The first kappa shape index (κ1) is 14.9. The smallest absolute Gasteiger partial charge is 0.307 e. The van der Waals surface area contributed by atoms with Gasteiger partial charge in [-0.15, -0.1) is 0 Å². The number of hydrogen-bond donors (Lipinski definition) is 1. The van der Waals surface area contributed by atoms with Crippen LogP contribution in [0, 0.1) is 5.92 Å².